The van der Waals surface area contributed by atoms with Crippen LogP contribution in [0.25, 0.3) is 11.1 Å². The third-order valence-corrected chi connectivity index (χ3v) is 8.69. The van der Waals surface area contributed by atoms with Gasteiger partial charge >= 0.3 is 18.1 Å². The van der Waals surface area contributed by atoms with E-state index in [0.29, 0.717) is 17.8 Å². The van der Waals surface area contributed by atoms with Crippen molar-refractivity contribution in [3.63, 3.8) is 0 Å². The lowest BCUT2D eigenvalue weighted by molar-refractivity contribution is -0.192. The number of carboxylic acid groups (broad SMARTS) is 2. The molecule has 3 aromatic rings. The van der Waals surface area contributed by atoms with Gasteiger partial charge in [-0.25, -0.2) is 18.4 Å². The third kappa shape index (κ3) is 15.2. The van der Waals surface area contributed by atoms with E-state index in [1.54, 1.807) is 12.3 Å². The lowest BCUT2D eigenvalue weighted by Crippen LogP contribution is -2.54. The minimum absolute atomic E-state index is 0.0160. The highest BCUT2D eigenvalue weighted by molar-refractivity contribution is 9.09. The molecule has 21 heteroatoms. The summed E-state index contributed by atoms with van der Waals surface area (Å²) in [4.78, 5) is 71.9. The summed E-state index contributed by atoms with van der Waals surface area (Å²) in [7, 11) is 0. The summed E-state index contributed by atoms with van der Waals surface area (Å²) >= 11 is 2.94. The van der Waals surface area contributed by atoms with Crippen LogP contribution in [0.15, 0.2) is 60.8 Å². The molecular formula is C37H44BrF5N6O9. The molecule has 8 N–H and O–H groups in total. The first-order valence-corrected chi connectivity index (χ1v) is 18.4. The predicted octanol–water partition coefficient (Wildman–Crippen LogP) is 2.94. The van der Waals surface area contributed by atoms with Gasteiger partial charge in [-0.15, -0.1) is 0 Å². The van der Waals surface area contributed by atoms with Crippen molar-refractivity contribution in [3.05, 3.63) is 83.7 Å². The van der Waals surface area contributed by atoms with E-state index in [1.165, 1.54) is 4.90 Å². The van der Waals surface area contributed by atoms with Gasteiger partial charge in [-0.3, -0.25) is 19.2 Å². The maximum absolute atomic E-state index is 15.0. The van der Waals surface area contributed by atoms with Gasteiger partial charge in [-0.1, -0.05) is 67.0 Å². The number of hydrogen-bond donors (Lipinski definition) is 7. The van der Waals surface area contributed by atoms with Crippen LogP contribution in [0.1, 0.15) is 44.5 Å². The standard InChI is InChI=1S/C35H43BrF2N6O7.C2HF3O2/c1-35(2,3)32(28-13-22(24-14-23(37)9-10-25(24)38)19-43(28)18-21-7-5-4-6-8-21)44(31(48)20-45)12-11-26(39)33(49)42-27(34(50)51)16-40-30(47)17-41-29(46)15-36;3-2(4,5)1(6)7/h4-10,13-14,19,26-27,32,45H,11-12,15-18,20,39H2,1-3H3,(H,40,47)(H,41,46)(H,42,49)(H,50,51);(H,6,7). The molecule has 4 amide bonds. The highest BCUT2D eigenvalue weighted by Gasteiger charge is 2.39. The monoisotopic (exact) mass is 890 g/mol. The number of amides is 4. The number of rotatable bonds is 17. The van der Waals surface area contributed by atoms with Gasteiger partial charge in [0.1, 0.15) is 24.3 Å². The van der Waals surface area contributed by atoms with E-state index in [2.05, 4.69) is 31.9 Å². The average molecular weight is 892 g/mol. The number of nitrogens with one attached hydrogen (secondary N) is 3. The zero-order valence-corrected chi connectivity index (χ0v) is 33.1. The molecule has 58 heavy (non-hydrogen) atoms. The Hall–Kier alpha value is -5.41. The highest BCUT2D eigenvalue weighted by atomic mass is 79.9. The molecule has 3 unspecified atom stereocenters. The second-order valence-corrected chi connectivity index (χ2v) is 14.3. The first kappa shape index (κ1) is 48.7. The van der Waals surface area contributed by atoms with Crippen molar-refractivity contribution >= 4 is 51.5 Å². The Labute approximate surface area is 337 Å². The van der Waals surface area contributed by atoms with Crippen LogP contribution < -0.4 is 21.7 Å². The van der Waals surface area contributed by atoms with Crippen LogP contribution in [0.4, 0.5) is 22.0 Å². The topological polar surface area (TPSA) is 233 Å². The molecule has 0 saturated heterocycles. The molecule has 2 aromatic carbocycles. The zero-order valence-electron chi connectivity index (χ0n) is 31.5. The molecule has 0 bridgehead atoms. The van der Waals surface area contributed by atoms with Gasteiger partial charge in [0.2, 0.25) is 23.6 Å². The molecule has 1 heterocycles. The largest absolute Gasteiger partial charge is 0.490 e. The van der Waals surface area contributed by atoms with E-state index in [9.17, 15) is 56.1 Å². The number of nitrogens with zero attached hydrogens (tertiary/aromatic N) is 2. The van der Waals surface area contributed by atoms with E-state index in [-0.39, 0.29) is 23.9 Å². The summed E-state index contributed by atoms with van der Waals surface area (Å²) in [5, 5.41) is 33.7. The number of alkyl halides is 4. The average Bonchev–Trinajstić information content (AvgIpc) is 3.55. The fourth-order valence-electron chi connectivity index (χ4n) is 5.49. The molecule has 15 nitrogen and oxygen atoms in total. The number of benzene rings is 2. The first-order chi connectivity index (χ1) is 27.0. The van der Waals surface area contributed by atoms with E-state index >= 15 is 0 Å². The number of hydrogen-bond acceptors (Lipinski definition) is 8. The van der Waals surface area contributed by atoms with Gasteiger partial charge in [0.05, 0.1) is 24.0 Å². The van der Waals surface area contributed by atoms with Crippen LogP contribution in [-0.4, -0.2) is 110 Å². The molecular weight excluding hydrogens is 847 g/mol. The molecule has 0 saturated carbocycles. The second kappa shape index (κ2) is 21.9. The number of nitrogens with two attached hydrogens (primary N) is 1. The number of carboxylic acids is 2. The molecule has 0 spiro atoms. The molecule has 0 aliphatic carbocycles. The van der Waals surface area contributed by atoms with Crippen molar-refractivity contribution in [1.82, 2.24) is 25.4 Å². The molecule has 0 aliphatic heterocycles. The quantitative estimate of drug-likeness (QED) is 0.0774. The van der Waals surface area contributed by atoms with Crippen LogP contribution in [0.2, 0.25) is 0 Å². The van der Waals surface area contributed by atoms with Gasteiger partial charge in [-0.2, -0.15) is 13.2 Å². The SMILES string of the molecule is CC(C)(C)C(c1cc(-c2cc(F)ccc2F)cn1Cc1ccccc1)N(CCC(N)C(=O)NC(CNC(=O)CNC(=O)CBr)C(=O)O)C(=O)CO.O=C(O)C(F)(F)F. The van der Waals surface area contributed by atoms with Gasteiger partial charge < -0.3 is 46.5 Å². The normalized spacial score (nSPS) is 12.9. The van der Waals surface area contributed by atoms with Gasteiger partial charge in [0.25, 0.3) is 0 Å². The molecule has 0 aliphatic rings. The lowest BCUT2D eigenvalue weighted by atomic mass is 9.82. The minimum Gasteiger partial charge on any atom is -0.480 e. The van der Waals surface area contributed by atoms with Crippen molar-refractivity contribution in [1.29, 1.82) is 0 Å². The molecule has 0 fully saturated rings. The van der Waals surface area contributed by atoms with Crippen molar-refractivity contribution < 1.29 is 66.0 Å². The van der Waals surface area contributed by atoms with Crippen molar-refractivity contribution in [2.75, 3.05) is 31.6 Å². The number of halogens is 6. The summed E-state index contributed by atoms with van der Waals surface area (Å²) in [6.45, 7) is 3.96. The van der Waals surface area contributed by atoms with Crippen molar-refractivity contribution in [2.24, 2.45) is 11.1 Å². The number of carbonyl (C=O) groups is 6. The smallest absolute Gasteiger partial charge is 0.480 e. The van der Waals surface area contributed by atoms with E-state index in [4.69, 9.17) is 15.6 Å². The number of aliphatic hydroxyl groups is 1. The molecule has 318 valence electrons. The number of aliphatic hydroxyl groups excluding tert-OH is 1. The Kier molecular flexibility index (Phi) is 18.4. The van der Waals surface area contributed by atoms with Crippen LogP contribution in [0.3, 0.4) is 0 Å². The second-order valence-electron chi connectivity index (χ2n) is 13.7. The van der Waals surface area contributed by atoms with Crippen LogP contribution >= 0.6 is 15.9 Å². The van der Waals surface area contributed by atoms with E-state index in [0.717, 1.165) is 23.8 Å². The van der Waals surface area contributed by atoms with Crippen LogP contribution in [-0.2, 0) is 35.3 Å². The van der Waals surface area contributed by atoms with Gasteiger partial charge in [-0.05, 0) is 41.7 Å². The van der Waals surface area contributed by atoms with Crippen molar-refractivity contribution in [3.8, 4) is 11.1 Å². The molecule has 3 rings (SSSR count). The fourth-order valence-corrected chi connectivity index (χ4v) is 5.69. The van der Waals surface area contributed by atoms with E-state index in [1.807, 2.05) is 55.7 Å². The Balaban J connectivity index is 0.00000151. The number of carbonyl (C=O) groups excluding carboxylic acids is 4. The Bertz CT molecular complexity index is 1910. The summed E-state index contributed by atoms with van der Waals surface area (Å²) in [5.74, 6) is -8.18. The molecule has 0 radical (unpaired) electrons. The summed E-state index contributed by atoms with van der Waals surface area (Å²) in [5.41, 5.74) is 7.26. The maximum Gasteiger partial charge on any atom is 0.490 e. The Morgan fingerprint density at radius 3 is 2.09 bits per heavy atom. The predicted molar refractivity (Wildman–Crippen MR) is 202 cm³/mol. The third-order valence-electron chi connectivity index (χ3n) is 8.18. The Morgan fingerprint density at radius 1 is 0.931 bits per heavy atom. The Morgan fingerprint density at radius 2 is 1.55 bits per heavy atom. The zero-order chi connectivity index (χ0) is 44.0. The number of aliphatic carboxylic acids is 2. The van der Waals surface area contributed by atoms with E-state index < -0.39 is 96.6 Å². The number of aromatic nitrogens is 1. The first-order valence-electron chi connectivity index (χ1n) is 17.3. The molecule has 1 aromatic heterocycles. The lowest BCUT2D eigenvalue weighted by Gasteiger charge is -2.41. The highest BCUT2D eigenvalue weighted by Crippen LogP contribution is 2.41. The van der Waals surface area contributed by atoms with Crippen molar-refractivity contribution in [2.45, 2.75) is 58.0 Å². The summed E-state index contributed by atoms with van der Waals surface area (Å²) < 4.78 is 62.8. The molecule has 3 atom stereocenters. The minimum atomic E-state index is -5.08. The van der Waals surface area contributed by atoms with Crippen LogP contribution in [0.5, 0.6) is 0 Å². The van der Waals surface area contributed by atoms with Crippen LogP contribution in [0, 0.1) is 17.0 Å². The van der Waals surface area contributed by atoms with Gasteiger partial charge in [0.15, 0.2) is 0 Å². The fraction of sp³-hybridized carbons (Fsp3) is 0.405. The van der Waals surface area contributed by atoms with Gasteiger partial charge in [0, 0.05) is 42.7 Å². The summed E-state index contributed by atoms with van der Waals surface area (Å²) in [6.07, 6.45) is -3.58. The summed E-state index contributed by atoms with van der Waals surface area (Å²) in [6, 6.07) is 10.5. The maximum atomic E-state index is 15.0.